The lowest BCUT2D eigenvalue weighted by Crippen LogP contribution is -2.37. The molecule has 0 spiro atoms. The van der Waals surface area contributed by atoms with Crippen LogP contribution >= 0.6 is 39.0 Å². The zero-order valence-corrected chi connectivity index (χ0v) is 17.3. The van der Waals surface area contributed by atoms with Gasteiger partial charge in [-0.3, -0.25) is 9.59 Å². The lowest BCUT2D eigenvalue weighted by molar-refractivity contribution is -0.120. The second kappa shape index (κ2) is 11.3. The molecule has 0 saturated carbocycles. The largest absolute Gasteiger partial charge is 0.435 e. The van der Waals surface area contributed by atoms with Gasteiger partial charge in [0, 0.05) is 28.5 Å². The zero-order chi connectivity index (χ0) is 19.6. The maximum atomic E-state index is 12.2. The van der Waals surface area contributed by atoms with Gasteiger partial charge in [-0.25, -0.2) is 0 Å². The molecule has 146 valence electrons. The summed E-state index contributed by atoms with van der Waals surface area (Å²) >= 11 is 6.79. The van der Waals surface area contributed by atoms with Crippen molar-refractivity contribution in [2.24, 2.45) is 0 Å². The highest BCUT2D eigenvalue weighted by Crippen LogP contribution is 2.25. The average molecular weight is 479 g/mol. The van der Waals surface area contributed by atoms with Gasteiger partial charge in [-0.05, 0) is 46.3 Å². The summed E-state index contributed by atoms with van der Waals surface area (Å²) in [5.41, 5.74) is 0.138. The van der Waals surface area contributed by atoms with E-state index in [4.69, 9.17) is 0 Å². The second-order valence-electron chi connectivity index (χ2n) is 5.20. The molecule has 0 radical (unpaired) electrons. The lowest BCUT2D eigenvalue weighted by Gasteiger charge is -2.08. The molecule has 1 aromatic heterocycles. The smallest absolute Gasteiger partial charge is 0.387 e. The summed E-state index contributed by atoms with van der Waals surface area (Å²) < 4.78 is 29.7. The molecule has 1 heterocycles. The monoisotopic (exact) mass is 478 g/mol. The van der Waals surface area contributed by atoms with E-state index >= 15 is 0 Å². The van der Waals surface area contributed by atoms with Crippen LogP contribution in [0.15, 0.2) is 40.2 Å². The van der Waals surface area contributed by atoms with Crippen LogP contribution in [0, 0.1) is 0 Å². The molecule has 0 aliphatic carbocycles. The minimum Gasteiger partial charge on any atom is -0.435 e. The Kier molecular flexibility index (Phi) is 9.02. The molecule has 0 saturated heterocycles. The predicted octanol–water partition coefficient (Wildman–Crippen LogP) is 3.89. The molecule has 0 atom stereocenters. The number of thiophene rings is 1. The summed E-state index contributed by atoms with van der Waals surface area (Å²) in [4.78, 5) is 25.0. The highest BCUT2D eigenvalue weighted by molar-refractivity contribution is 9.11. The second-order valence-corrected chi connectivity index (χ2v) is 8.85. The molecule has 1 aromatic carbocycles. The molecule has 10 heteroatoms. The molecular formula is C17H17BrF2N2O3S2. The Morgan fingerprint density at radius 2 is 2.04 bits per heavy atom. The third kappa shape index (κ3) is 8.27. The summed E-state index contributed by atoms with van der Waals surface area (Å²) in [6, 6.07) is 9.44. The molecule has 0 fully saturated rings. The fourth-order valence-corrected chi connectivity index (χ4v) is 4.46. The maximum absolute atomic E-state index is 12.2. The van der Waals surface area contributed by atoms with Gasteiger partial charge in [0.15, 0.2) is 0 Å². The minimum atomic E-state index is -2.96. The van der Waals surface area contributed by atoms with E-state index in [1.807, 2.05) is 6.07 Å². The molecule has 5 nitrogen and oxygen atoms in total. The van der Waals surface area contributed by atoms with Gasteiger partial charge in [-0.15, -0.1) is 11.3 Å². The summed E-state index contributed by atoms with van der Waals surface area (Å²) in [6.07, 6.45) is 0. The normalized spacial score (nSPS) is 10.7. The van der Waals surface area contributed by atoms with Crippen molar-refractivity contribution in [3.05, 3.63) is 50.6 Å². The first-order valence-electron chi connectivity index (χ1n) is 7.86. The van der Waals surface area contributed by atoms with Crippen LogP contribution in [0.3, 0.4) is 0 Å². The van der Waals surface area contributed by atoms with E-state index in [1.54, 1.807) is 23.1 Å². The Labute approximate surface area is 172 Å². The summed E-state index contributed by atoms with van der Waals surface area (Å²) in [5, 5.41) is 5.16. The van der Waals surface area contributed by atoms with E-state index in [1.165, 1.54) is 29.1 Å². The first-order valence-corrected chi connectivity index (χ1v) is 10.6. The van der Waals surface area contributed by atoms with Crippen LogP contribution in [-0.2, 0) is 10.5 Å². The van der Waals surface area contributed by atoms with Gasteiger partial charge >= 0.3 is 6.61 Å². The van der Waals surface area contributed by atoms with Crippen LogP contribution in [-0.4, -0.2) is 37.3 Å². The van der Waals surface area contributed by atoms with Crippen LogP contribution in [0.25, 0.3) is 0 Å². The third-order valence-electron chi connectivity index (χ3n) is 3.17. The van der Waals surface area contributed by atoms with E-state index < -0.39 is 12.5 Å². The fraction of sp³-hybridized carbons (Fsp3) is 0.294. The van der Waals surface area contributed by atoms with Crippen LogP contribution in [0.1, 0.15) is 15.2 Å². The van der Waals surface area contributed by atoms with Crippen molar-refractivity contribution < 1.29 is 23.1 Å². The Bertz CT molecular complexity index is 774. The van der Waals surface area contributed by atoms with Crippen LogP contribution < -0.4 is 15.4 Å². The van der Waals surface area contributed by atoms with E-state index in [9.17, 15) is 18.4 Å². The standard InChI is InChI=1S/C17H17BrF2N2O3S2/c18-14-5-4-13(27-14)10-26-7-6-21-15(23)9-22-16(24)11-2-1-3-12(8-11)25-17(19)20/h1-5,8,17H,6-7,9-10H2,(H,21,23)(H,22,24). The number of carbonyl (C=O) groups is 2. The van der Waals surface area contributed by atoms with Gasteiger partial charge in [0.25, 0.3) is 5.91 Å². The number of halogens is 3. The molecule has 2 N–H and O–H groups in total. The van der Waals surface area contributed by atoms with Gasteiger partial charge in [0.05, 0.1) is 10.3 Å². The maximum Gasteiger partial charge on any atom is 0.387 e. The predicted molar refractivity (Wildman–Crippen MR) is 107 cm³/mol. The minimum absolute atomic E-state index is 0.114. The number of carbonyl (C=O) groups excluding carboxylic acids is 2. The van der Waals surface area contributed by atoms with Crippen molar-refractivity contribution in [3.63, 3.8) is 0 Å². The number of benzene rings is 1. The molecule has 2 amide bonds. The molecule has 0 bridgehead atoms. The Morgan fingerprint density at radius 3 is 2.74 bits per heavy atom. The van der Waals surface area contributed by atoms with E-state index in [-0.39, 0.29) is 23.8 Å². The molecule has 0 unspecified atom stereocenters. The van der Waals surface area contributed by atoms with Crippen LogP contribution in [0.4, 0.5) is 8.78 Å². The quantitative estimate of drug-likeness (QED) is 0.508. The van der Waals surface area contributed by atoms with Gasteiger partial charge < -0.3 is 15.4 Å². The van der Waals surface area contributed by atoms with Crippen molar-refractivity contribution >= 4 is 50.8 Å². The Hall–Kier alpha value is -1.65. The van der Waals surface area contributed by atoms with Gasteiger partial charge in [0.1, 0.15) is 5.75 Å². The van der Waals surface area contributed by atoms with Crippen molar-refractivity contribution in [1.29, 1.82) is 0 Å². The molecule has 27 heavy (non-hydrogen) atoms. The molecule has 0 aliphatic rings. The third-order valence-corrected chi connectivity index (χ3v) is 5.99. The molecular weight excluding hydrogens is 462 g/mol. The van der Waals surface area contributed by atoms with E-state index in [0.717, 1.165) is 15.3 Å². The number of amides is 2. The SMILES string of the molecule is O=C(CNC(=O)c1cccc(OC(F)F)c1)NCCSCc1ccc(Br)s1. The first-order chi connectivity index (χ1) is 12.9. The van der Waals surface area contributed by atoms with Crippen molar-refractivity contribution in [2.75, 3.05) is 18.8 Å². The number of ether oxygens (including phenoxy) is 1. The topological polar surface area (TPSA) is 67.4 Å². The number of alkyl halides is 2. The highest BCUT2D eigenvalue weighted by atomic mass is 79.9. The number of nitrogens with one attached hydrogen (secondary N) is 2. The molecule has 0 aliphatic heterocycles. The number of hydrogen-bond acceptors (Lipinski definition) is 5. The summed E-state index contributed by atoms with van der Waals surface area (Å²) in [7, 11) is 0. The summed E-state index contributed by atoms with van der Waals surface area (Å²) in [6.45, 7) is -2.67. The van der Waals surface area contributed by atoms with Gasteiger partial charge in [-0.1, -0.05) is 6.07 Å². The Morgan fingerprint density at radius 1 is 1.22 bits per heavy atom. The van der Waals surface area contributed by atoms with E-state index in [0.29, 0.717) is 6.54 Å². The van der Waals surface area contributed by atoms with Crippen molar-refractivity contribution in [3.8, 4) is 5.75 Å². The van der Waals surface area contributed by atoms with Crippen LogP contribution in [0.5, 0.6) is 5.75 Å². The Balaban J connectivity index is 1.64. The number of hydrogen-bond donors (Lipinski definition) is 2. The van der Waals surface area contributed by atoms with Gasteiger partial charge in [-0.2, -0.15) is 20.5 Å². The van der Waals surface area contributed by atoms with Crippen molar-refractivity contribution in [1.82, 2.24) is 10.6 Å². The van der Waals surface area contributed by atoms with Gasteiger partial charge in [0.2, 0.25) is 5.91 Å². The molecule has 2 rings (SSSR count). The number of rotatable bonds is 10. The average Bonchev–Trinajstić information content (AvgIpc) is 3.04. The zero-order valence-electron chi connectivity index (χ0n) is 14.0. The summed E-state index contributed by atoms with van der Waals surface area (Å²) in [5.74, 6) is 0.657. The fourth-order valence-electron chi connectivity index (χ4n) is 2.00. The number of thioether (sulfide) groups is 1. The lowest BCUT2D eigenvalue weighted by atomic mass is 10.2. The van der Waals surface area contributed by atoms with Crippen LogP contribution in [0.2, 0.25) is 0 Å². The van der Waals surface area contributed by atoms with E-state index in [2.05, 4.69) is 37.4 Å². The highest BCUT2D eigenvalue weighted by Gasteiger charge is 2.10. The van der Waals surface area contributed by atoms with Crippen molar-refractivity contribution in [2.45, 2.75) is 12.4 Å². The molecule has 2 aromatic rings. The first kappa shape index (κ1) is 21.6.